The molecule has 0 radical (unpaired) electrons. The van der Waals surface area contributed by atoms with Gasteiger partial charge in [0.1, 0.15) is 11.5 Å². The molecule has 0 unspecified atom stereocenters. The number of anilines is 1. The predicted molar refractivity (Wildman–Crippen MR) is 102 cm³/mol. The van der Waals surface area contributed by atoms with E-state index in [1.807, 2.05) is 20.8 Å². The minimum atomic E-state index is -0.955. The molecule has 0 bridgehead atoms. The van der Waals surface area contributed by atoms with Crippen molar-refractivity contribution in [1.29, 1.82) is 0 Å². The number of aryl methyl sites for hydroxylation is 3. The molecule has 26 heavy (non-hydrogen) atoms. The van der Waals surface area contributed by atoms with Gasteiger partial charge in [0.25, 0.3) is 0 Å². The largest absolute Gasteiger partial charge is 0.468 e. The van der Waals surface area contributed by atoms with Crippen LogP contribution in [0.25, 0.3) is 0 Å². The number of carbonyl (C=O) groups is 2. The highest BCUT2D eigenvalue weighted by atomic mass is 16.6. The molecule has 1 aliphatic rings. The number of carbonyl (C=O) groups excluding carboxylic acids is 2. The second-order valence-corrected chi connectivity index (χ2v) is 8.95. The van der Waals surface area contributed by atoms with Gasteiger partial charge >= 0.3 is 12.1 Å². The number of cyclic esters (lactones) is 1. The van der Waals surface area contributed by atoms with Gasteiger partial charge in [0.2, 0.25) is 0 Å². The standard InChI is InChI=1S/C21H31NO4/c1-12-10-13(2)15(14(3)11-12)22-16(20(4,5)6)17(26-19(22)24)21(7,8)18(23)25-9/h10-11,16-17H,1-9H3/t16-,17-/m1/s1. The lowest BCUT2D eigenvalue weighted by molar-refractivity contribution is -0.157. The molecule has 0 aromatic heterocycles. The average Bonchev–Trinajstić information content (AvgIpc) is 2.83. The zero-order valence-corrected chi connectivity index (χ0v) is 17.4. The molecule has 1 aliphatic heterocycles. The maximum atomic E-state index is 12.9. The second kappa shape index (κ2) is 6.60. The number of methoxy groups -OCH3 is 1. The van der Waals surface area contributed by atoms with E-state index in [1.54, 1.807) is 18.7 Å². The van der Waals surface area contributed by atoms with Crippen LogP contribution >= 0.6 is 0 Å². The maximum Gasteiger partial charge on any atom is 0.415 e. The summed E-state index contributed by atoms with van der Waals surface area (Å²) < 4.78 is 10.8. The van der Waals surface area contributed by atoms with E-state index >= 15 is 0 Å². The molecule has 144 valence electrons. The molecule has 0 aliphatic carbocycles. The molecule has 0 spiro atoms. The molecule has 2 atom stereocenters. The Bertz CT molecular complexity index is 707. The van der Waals surface area contributed by atoms with Crippen LogP contribution in [0.1, 0.15) is 51.3 Å². The summed E-state index contributed by atoms with van der Waals surface area (Å²) in [6, 6.07) is 3.83. The quantitative estimate of drug-likeness (QED) is 0.741. The number of hydrogen-bond acceptors (Lipinski definition) is 4. The predicted octanol–water partition coefficient (Wildman–Crippen LogP) is 4.55. The zero-order chi connectivity index (χ0) is 20.0. The van der Waals surface area contributed by atoms with E-state index in [0.717, 1.165) is 22.4 Å². The second-order valence-electron chi connectivity index (χ2n) is 8.95. The summed E-state index contributed by atoms with van der Waals surface area (Å²) in [7, 11) is 1.36. The summed E-state index contributed by atoms with van der Waals surface area (Å²) in [5.74, 6) is -0.385. The van der Waals surface area contributed by atoms with Crippen molar-refractivity contribution in [2.75, 3.05) is 12.0 Å². The smallest absolute Gasteiger partial charge is 0.415 e. The number of esters is 1. The third-order valence-electron chi connectivity index (χ3n) is 5.18. The van der Waals surface area contributed by atoms with Crippen LogP contribution in [0.2, 0.25) is 0 Å². The van der Waals surface area contributed by atoms with Crippen molar-refractivity contribution in [3.05, 3.63) is 28.8 Å². The van der Waals surface area contributed by atoms with Crippen LogP contribution in [-0.2, 0) is 14.3 Å². The van der Waals surface area contributed by atoms with E-state index in [2.05, 4.69) is 32.9 Å². The van der Waals surface area contributed by atoms with Crippen molar-refractivity contribution < 1.29 is 19.1 Å². The Kier molecular flexibility index (Phi) is 5.15. The van der Waals surface area contributed by atoms with Crippen molar-refractivity contribution in [1.82, 2.24) is 0 Å². The number of benzene rings is 1. The first-order valence-electron chi connectivity index (χ1n) is 8.98. The molecule has 1 saturated heterocycles. The highest BCUT2D eigenvalue weighted by Crippen LogP contribution is 2.45. The van der Waals surface area contributed by atoms with Crippen LogP contribution in [0.4, 0.5) is 10.5 Å². The number of ether oxygens (including phenoxy) is 2. The molecule has 5 nitrogen and oxygen atoms in total. The monoisotopic (exact) mass is 361 g/mol. The Labute approximate surface area is 156 Å². The molecule has 1 amide bonds. The molecule has 1 aromatic rings. The topological polar surface area (TPSA) is 55.8 Å². The summed E-state index contributed by atoms with van der Waals surface area (Å²) in [6.07, 6.45) is -1.02. The molecule has 0 saturated carbocycles. The molecule has 5 heteroatoms. The number of rotatable bonds is 3. The first-order chi connectivity index (χ1) is 11.8. The van der Waals surface area contributed by atoms with Gasteiger partial charge in [-0.3, -0.25) is 9.69 Å². The molecule has 1 fully saturated rings. The van der Waals surface area contributed by atoms with Crippen LogP contribution in [0.15, 0.2) is 12.1 Å². The Balaban J connectivity index is 2.64. The minimum absolute atomic E-state index is 0.300. The number of nitrogens with zero attached hydrogens (tertiary/aromatic N) is 1. The van der Waals surface area contributed by atoms with Gasteiger partial charge in [-0.25, -0.2) is 4.79 Å². The minimum Gasteiger partial charge on any atom is -0.468 e. The number of amides is 1. The molecular formula is C21H31NO4. The Hall–Kier alpha value is -2.04. The van der Waals surface area contributed by atoms with E-state index in [0.29, 0.717) is 0 Å². The van der Waals surface area contributed by atoms with E-state index < -0.39 is 17.6 Å². The lowest BCUT2D eigenvalue weighted by Gasteiger charge is -2.40. The molecule has 1 aromatic carbocycles. The lowest BCUT2D eigenvalue weighted by Crippen LogP contribution is -2.53. The zero-order valence-electron chi connectivity index (χ0n) is 17.4. The summed E-state index contributed by atoms with van der Waals surface area (Å²) in [6.45, 7) is 15.8. The van der Waals surface area contributed by atoms with Crippen molar-refractivity contribution in [3.8, 4) is 0 Å². The van der Waals surface area contributed by atoms with Gasteiger partial charge in [-0.2, -0.15) is 0 Å². The summed E-state index contributed by atoms with van der Waals surface area (Å²) in [5, 5.41) is 0. The highest BCUT2D eigenvalue weighted by Gasteiger charge is 2.57. The summed E-state index contributed by atoms with van der Waals surface area (Å²) in [5.41, 5.74) is 2.80. The van der Waals surface area contributed by atoms with Crippen LogP contribution in [0.3, 0.4) is 0 Å². The van der Waals surface area contributed by atoms with Crippen molar-refractivity contribution >= 4 is 17.7 Å². The van der Waals surface area contributed by atoms with Crippen LogP contribution in [0.5, 0.6) is 0 Å². The summed E-state index contributed by atoms with van der Waals surface area (Å²) >= 11 is 0. The van der Waals surface area contributed by atoms with E-state index in [1.165, 1.54) is 7.11 Å². The van der Waals surface area contributed by atoms with Crippen LogP contribution < -0.4 is 4.90 Å². The van der Waals surface area contributed by atoms with Gasteiger partial charge in [-0.1, -0.05) is 38.5 Å². The van der Waals surface area contributed by atoms with E-state index in [9.17, 15) is 9.59 Å². The van der Waals surface area contributed by atoms with Crippen molar-refractivity contribution in [2.24, 2.45) is 10.8 Å². The van der Waals surface area contributed by atoms with E-state index in [-0.39, 0.29) is 17.4 Å². The lowest BCUT2D eigenvalue weighted by atomic mass is 9.73. The fourth-order valence-corrected chi connectivity index (χ4v) is 4.02. The van der Waals surface area contributed by atoms with Gasteiger partial charge in [0.15, 0.2) is 0 Å². The Morgan fingerprint density at radius 3 is 2.00 bits per heavy atom. The SMILES string of the molecule is COC(=O)C(C)(C)[C@@H]1OC(=O)N(c2c(C)cc(C)cc2C)[C@H]1C(C)(C)C. The first-order valence-corrected chi connectivity index (χ1v) is 8.98. The van der Waals surface area contributed by atoms with Crippen LogP contribution in [-0.4, -0.2) is 31.3 Å². The molecule has 1 heterocycles. The molecule has 0 N–H and O–H groups in total. The number of hydrogen-bond donors (Lipinski definition) is 0. The van der Waals surface area contributed by atoms with Gasteiger partial charge in [0, 0.05) is 0 Å². The fraction of sp³-hybridized carbons (Fsp3) is 0.619. The van der Waals surface area contributed by atoms with Crippen molar-refractivity contribution in [2.45, 2.75) is 67.5 Å². The van der Waals surface area contributed by atoms with Crippen LogP contribution in [0, 0.1) is 31.6 Å². The Morgan fingerprint density at radius 2 is 1.58 bits per heavy atom. The average molecular weight is 361 g/mol. The first kappa shape index (κ1) is 20.3. The van der Waals surface area contributed by atoms with Gasteiger partial charge < -0.3 is 9.47 Å². The highest BCUT2D eigenvalue weighted by molar-refractivity contribution is 5.94. The maximum absolute atomic E-state index is 12.9. The third kappa shape index (κ3) is 3.31. The molecule has 2 rings (SSSR count). The molecular weight excluding hydrogens is 330 g/mol. The fourth-order valence-electron chi connectivity index (χ4n) is 4.02. The third-order valence-corrected chi connectivity index (χ3v) is 5.18. The van der Waals surface area contributed by atoms with Gasteiger partial charge in [0.05, 0.1) is 18.8 Å². The van der Waals surface area contributed by atoms with Crippen molar-refractivity contribution in [3.63, 3.8) is 0 Å². The summed E-state index contributed by atoms with van der Waals surface area (Å²) in [4.78, 5) is 27.1. The Morgan fingerprint density at radius 1 is 1.08 bits per heavy atom. The normalized spacial score (nSPS) is 21.0. The van der Waals surface area contributed by atoms with Gasteiger partial charge in [-0.05, 0) is 51.2 Å². The van der Waals surface area contributed by atoms with E-state index in [4.69, 9.17) is 9.47 Å². The van der Waals surface area contributed by atoms with Gasteiger partial charge in [-0.15, -0.1) is 0 Å².